The number of hydrogen-bond donors (Lipinski definition) is 2. The number of nitrogens with one attached hydrogen (secondary N) is 2. The third-order valence-electron chi connectivity index (χ3n) is 2.32. The van der Waals surface area contributed by atoms with Crippen molar-refractivity contribution in [1.82, 2.24) is 5.32 Å². The van der Waals surface area contributed by atoms with Gasteiger partial charge in [0.15, 0.2) is 12.4 Å². The van der Waals surface area contributed by atoms with Gasteiger partial charge in [-0.2, -0.15) is 4.73 Å². The Morgan fingerprint density at radius 1 is 1.17 bits per heavy atom. The third-order valence-corrected chi connectivity index (χ3v) is 2.32. The van der Waals surface area contributed by atoms with Crippen molar-refractivity contribution in [3.05, 3.63) is 65.6 Å². The Labute approximate surface area is 105 Å². The molecule has 5 nitrogen and oxygen atoms in total. The molecule has 1 aromatic heterocycles. The lowest BCUT2D eigenvalue weighted by Gasteiger charge is -2.07. The smallest absolute Gasteiger partial charge is 0.319 e. The summed E-state index contributed by atoms with van der Waals surface area (Å²) in [7, 11) is 0. The monoisotopic (exact) mass is 243 g/mol. The average molecular weight is 243 g/mol. The Kier molecular flexibility index (Phi) is 3.76. The van der Waals surface area contributed by atoms with Crippen LogP contribution in [0.1, 0.15) is 5.56 Å². The zero-order valence-corrected chi connectivity index (χ0v) is 9.67. The van der Waals surface area contributed by atoms with E-state index >= 15 is 0 Å². The van der Waals surface area contributed by atoms with E-state index in [1.807, 2.05) is 18.2 Å². The lowest BCUT2D eigenvalue weighted by Crippen LogP contribution is -2.30. The molecule has 0 saturated carbocycles. The summed E-state index contributed by atoms with van der Waals surface area (Å²) in [6, 6.07) is 12.3. The van der Waals surface area contributed by atoms with E-state index in [2.05, 4.69) is 10.6 Å². The zero-order chi connectivity index (χ0) is 12.8. The summed E-state index contributed by atoms with van der Waals surface area (Å²) in [6.07, 6.45) is 2.82. The first-order valence-electron chi connectivity index (χ1n) is 5.51. The van der Waals surface area contributed by atoms with Gasteiger partial charge in [0, 0.05) is 17.3 Å². The highest BCUT2D eigenvalue weighted by Crippen LogP contribution is 2.04. The number of urea groups is 1. The second kappa shape index (κ2) is 5.67. The van der Waals surface area contributed by atoms with Gasteiger partial charge in [-0.05, 0) is 18.2 Å². The largest absolute Gasteiger partial charge is 0.619 e. The first-order chi connectivity index (χ1) is 8.74. The molecule has 0 bridgehead atoms. The maximum absolute atomic E-state index is 11.6. The summed E-state index contributed by atoms with van der Waals surface area (Å²) < 4.78 is 0.701. The van der Waals surface area contributed by atoms with Crippen molar-refractivity contribution in [3.8, 4) is 0 Å². The van der Waals surface area contributed by atoms with Gasteiger partial charge >= 0.3 is 6.03 Å². The van der Waals surface area contributed by atoms with Crippen molar-refractivity contribution in [1.29, 1.82) is 0 Å². The van der Waals surface area contributed by atoms with Crippen LogP contribution in [-0.4, -0.2) is 6.03 Å². The van der Waals surface area contributed by atoms with Gasteiger partial charge in [-0.1, -0.05) is 18.2 Å². The van der Waals surface area contributed by atoms with Gasteiger partial charge in [0.1, 0.15) is 0 Å². The van der Waals surface area contributed by atoms with Gasteiger partial charge in [0.2, 0.25) is 0 Å². The summed E-state index contributed by atoms with van der Waals surface area (Å²) in [5.41, 5.74) is 1.47. The lowest BCUT2D eigenvalue weighted by molar-refractivity contribution is -0.605. The fourth-order valence-electron chi connectivity index (χ4n) is 1.48. The van der Waals surface area contributed by atoms with Crippen LogP contribution in [0.4, 0.5) is 10.5 Å². The van der Waals surface area contributed by atoms with E-state index in [-0.39, 0.29) is 6.03 Å². The number of rotatable bonds is 3. The quantitative estimate of drug-likeness (QED) is 0.635. The van der Waals surface area contributed by atoms with Gasteiger partial charge in [-0.15, -0.1) is 0 Å². The molecule has 1 aromatic carbocycles. The number of nitrogens with zero attached hydrogens (tertiary/aromatic N) is 1. The van der Waals surface area contributed by atoms with Crippen LogP contribution in [0, 0.1) is 5.21 Å². The fraction of sp³-hybridized carbons (Fsp3) is 0.0769. The van der Waals surface area contributed by atoms with Crippen molar-refractivity contribution in [2.75, 3.05) is 5.32 Å². The molecule has 0 spiro atoms. The molecule has 0 atom stereocenters. The van der Waals surface area contributed by atoms with E-state index < -0.39 is 0 Å². The normalized spacial score (nSPS) is 9.78. The highest BCUT2D eigenvalue weighted by Gasteiger charge is 2.02. The molecule has 5 heteroatoms. The minimum absolute atomic E-state index is 0.303. The van der Waals surface area contributed by atoms with Crippen LogP contribution in [0.25, 0.3) is 0 Å². The number of hydrogen-bond acceptors (Lipinski definition) is 2. The summed E-state index contributed by atoms with van der Waals surface area (Å²) in [6.45, 7) is 0.307. The molecule has 0 unspecified atom stereocenters. The minimum atomic E-state index is -0.303. The Hall–Kier alpha value is -2.56. The third kappa shape index (κ3) is 3.48. The molecule has 18 heavy (non-hydrogen) atoms. The maximum Gasteiger partial charge on any atom is 0.319 e. The first-order valence-corrected chi connectivity index (χ1v) is 5.51. The summed E-state index contributed by atoms with van der Waals surface area (Å²) >= 11 is 0. The number of benzene rings is 1. The second-order valence-electron chi connectivity index (χ2n) is 3.75. The predicted molar refractivity (Wildman–Crippen MR) is 67.7 cm³/mol. The molecule has 92 valence electrons. The van der Waals surface area contributed by atoms with Gasteiger partial charge in [0.25, 0.3) is 0 Å². The van der Waals surface area contributed by atoms with Crippen LogP contribution in [0.2, 0.25) is 0 Å². The number of para-hydroxylation sites is 1. The molecule has 1 heterocycles. The van der Waals surface area contributed by atoms with Crippen molar-refractivity contribution in [2.24, 2.45) is 0 Å². The van der Waals surface area contributed by atoms with Crippen molar-refractivity contribution >= 4 is 11.7 Å². The molecule has 0 aliphatic heterocycles. The number of carbonyl (C=O) groups excluding carboxylic acids is 1. The van der Waals surface area contributed by atoms with E-state index in [1.165, 1.54) is 12.4 Å². The summed E-state index contributed by atoms with van der Waals surface area (Å²) in [4.78, 5) is 11.6. The Balaban J connectivity index is 1.85. The number of pyridine rings is 1. The highest BCUT2D eigenvalue weighted by atomic mass is 16.5. The Bertz CT molecular complexity index is 529. The number of carbonyl (C=O) groups is 1. The molecule has 0 aliphatic rings. The molecule has 2 N–H and O–H groups in total. The molecular weight excluding hydrogens is 230 g/mol. The van der Waals surface area contributed by atoms with Crippen molar-refractivity contribution in [2.45, 2.75) is 6.54 Å². The number of amides is 2. The lowest BCUT2D eigenvalue weighted by atomic mass is 10.3. The van der Waals surface area contributed by atoms with Crippen molar-refractivity contribution < 1.29 is 9.52 Å². The minimum Gasteiger partial charge on any atom is -0.619 e. The molecule has 0 aliphatic carbocycles. The average Bonchev–Trinajstić information content (AvgIpc) is 2.38. The van der Waals surface area contributed by atoms with E-state index in [9.17, 15) is 10.0 Å². The molecule has 0 fully saturated rings. The highest BCUT2D eigenvalue weighted by molar-refractivity contribution is 5.89. The van der Waals surface area contributed by atoms with Crippen LogP contribution >= 0.6 is 0 Å². The van der Waals surface area contributed by atoms with Gasteiger partial charge < -0.3 is 15.8 Å². The topological polar surface area (TPSA) is 68.1 Å². The summed E-state index contributed by atoms with van der Waals surface area (Å²) in [5, 5.41) is 16.4. The van der Waals surface area contributed by atoms with E-state index in [0.29, 0.717) is 11.3 Å². The standard InChI is InChI=1S/C13H13N3O2/c17-13(15-12-6-2-1-3-7-12)14-9-11-5-4-8-16(18)10-11/h1-8,10H,9H2,(H2,14,15,17). The Morgan fingerprint density at radius 2 is 1.94 bits per heavy atom. The Morgan fingerprint density at radius 3 is 2.67 bits per heavy atom. The van der Waals surface area contributed by atoms with Crippen LogP contribution in [0.3, 0.4) is 0 Å². The number of aromatic nitrogens is 1. The maximum atomic E-state index is 11.6. The van der Waals surface area contributed by atoms with Crippen LogP contribution in [0.5, 0.6) is 0 Å². The zero-order valence-electron chi connectivity index (χ0n) is 9.67. The van der Waals surface area contributed by atoms with E-state index in [4.69, 9.17) is 0 Å². The molecule has 2 amide bonds. The molecule has 2 rings (SSSR count). The van der Waals surface area contributed by atoms with E-state index in [1.54, 1.807) is 24.3 Å². The molecule has 0 saturated heterocycles. The van der Waals surface area contributed by atoms with Crippen LogP contribution in [-0.2, 0) is 6.54 Å². The van der Waals surface area contributed by atoms with Crippen LogP contribution in [0.15, 0.2) is 54.9 Å². The molecule has 2 aromatic rings. The number of anilines is 1. The van der Waals surface area contributed by atoms with Crippen LogP contribution < -0.4 is 15.4 Å². The predicted octanol–water partition coefficient (Wildman–Crippen LogP) is 1.64. The van der Waals surface area contributed by atoms with Gasteiger partial charge in [0.05, 0.1) is 6.54 Å². The van der Waals surface area contributed by atoms with Gasteiger partial charge in [-0.3, -0.25) is 0 Å². The van der Waals surface area contributed by atoms with Crippen molar-refractivity contribution in [3.63, 3.8) is 0 Å². The molecular formula is C13H13N3O2. The first kappa shape index (κ1) is 11.9. The summed E-state index contributed by atoms with van der Waals surface area (Å²) in [5.74, 6) is 0. The fourth-order valence-corrected chi connectivity index (χ4v) is 1.48. The molecule has 0 radical (unpaired) electrons. The second-order valence-corrected chi connectivity index (χ2v) is 3.75. The van der Waals surface area contributed by atoms with Gasteiger partial charge in [-0.25, -0.2) is 4.79 Å². The van der Waals surface area contributed by atoms with E-state index in [0.717, 1.165) is 11.3 Å². The SMILES string of the molecule is O=C(NCc1ccc[n+]([O-])c1)Nc1ccccc1.